The van der Waals surface area contributed by atoms with Crippen molar-refractivity contribution >= 4 is 27.6 Å². The van der Waals surface area contributed by atoms with Gasteiger partial charge in [-0.25, -0.2) is 18.2 Å². The molecule has 1 heterocycles. The lowest BCUT2D eigenvalue weighted by Gasteiger charge is -2.02. The van der Waals surface area contributed by atoms with Gasteiger partial charge in [0.2, 0.25) is 5.88 Å². The molecule has 0 aliphatic carbocycles. The van der Waals surface area contributed by atoms with Gasteiger partial charge in [-0.1, -0.05) is 11.6 Å². The van der Waals surface area contributed by atoms with Gasteiger partial charge >= 0.3 is 6.16 Å². The van der Waals surface area contributed by atoms with E-state index in [9.17, 15) is 13.2 Å². The van der Waals surface area contributed by atoms with Crippen LogP contribution in [0.2, 0.25) is 5.02 Å². The molecule has 15 heavy (non-hydrogen) atoms. The molecular formula is C7H6ClNO5S. The second-order valence-electron chi connectivity index (χ2n) is 2.60. The Labute approximate surface area is 90.4 Å². The zero-order chi connectivity index (χ0) is 11.6. The molecule has 0 bridgehead atoms. The summed E-state index contributed by atoms with van der Waals surface area (Å²) in [5.41, 5.74) is 0. The van der Waals surface area contributed by atoms with Crippen molar-refractivity contribution in [2.45, 2.75) is 4.90 Å². The Morgan fingerprint density at radius 2 is 2.20 bits per heavy atom. The molecule has 0 spiro atoms. The third-order valence-electron chi connectivity index (χ3n) is 1.39. The van der Waals surface area contributed by atoms with Crippen LogP contribution in [0, 0.1) is 0 Å². The van der Waals surface area contributed by atoms with Crippen molar-refractivity contribution in [1.29, 1.82) is 0 Å². The van der Waals surface area contributed by atoms with Crippen molar-refractivity contribution < 1.29 is 23.1 Å². The zero-order valence-electron chi connectivity index (χ0n) is 7.47. The molecule has 1 rings (SSSR count). The average Bonchev–Trinajstić information content (AvgIpc) is 2.05. The van der Waals surface area contributed by atoms with Gasteiger partial charge in [0, 0.05) is 12.5 Å². The first kappa shape index (κ1) is 11.7. The molecule has 8 heteroatoms. The molecule has 1 N–H and O–H groups in total. The van der Waals surface area contributed by atoms with Crippen molar-refractivity contribution in [3.05, 3.63) is 17.3 Å². The molecule has 0 aliphatic heterocycles. The summed E-state index contributed by atoms with van der Waals surface area (Å²) in [5, 5.41) is 8.10. The van der Waals surface area contributed by atoms with E-state index in [0.29, 0.717) is 0 Å². The van der Waals surface area contributed by atoms with E-state index < -0.39 is 16.0 Å². The fraction of sp³-hybridized carbons (Fsp3) is 0.143. The predicted molar refractivity (Wildman–Crippen MR) is 51.0 cm³/mol. The fourth-order valence-corrected chi connectivity index (χ4v) is 1.61. The minimum atomic E-state index is -3.42. The van der Waals surface area contributed by atoms with E-state index in [2.05, 4.69) is 9.72 Å². The molecular weight excluding hydrogens is 246 g/mol. The van der Waals surface area contributed by atoms with Crippen LogP contribution in [0.25, 0.3) is 0 Å². The lowest BCUT2D eigenvalue weighted by Crippen LogP contribution is -2.06. The van der Waals surface area contributed by atoms with E-state index in [0.717, 1.165) is 18.5 Å². The molecule has 0 atom stereocenters. The first-order chi connectivity index (χ1) is 6.80. The number of nitrogens with zero attached hydrogens (tertiary/aromatic N) is 1. The Hall–Kier alpha value is -1.34. The van der Waals surface area contributed by atoms with Crippen LogP contribution in [0.15, 0.2) is 17.2 Å². The van der Waals surface area contributed by atoms with Crippen LogP contribution in [0.1, 0.15) is 0 Å². The number of halogens is 1. The number of carboxylic acid groups (broad SMARTS) is 1. The number of pyridine rings is 1. The zero-order valence-corrected chi connectivity index (χ0v) is 9.04. The third kappa shape index (κ3) is 3.07. The van der Waals surface area contributed by atoms with Gasteiger partial charge in [0.25, 0.3) is 0 Å². The third-order valence-corrected chi connectivity index (χ3v) is 2.74. The maximum absolute atomic E-state index is 11.1. The Balaban J connectivity index is 3.15. The van der Waals surface area contributed by atoms with Crippen LogP contribution in [-0.4, -0.2) is 30.9 Å². The molecule has 0 aliphatic rings. The summed E-state index contributed by atoms with van der Waals surface area (Å²) in [7, 11) is -3.42. The number of aromatic nitrogens is 1. The summed E-state index contributed by atoms with van der Waals surface area (Å²) in [4.78, 5) is 13.5. The molecule has 0 saturated heterocycles. The molecule has 1 aromatic heterocycles. The molecule has 0 fully saturated rings. The highest BCUT2D eigenvalue weighted by Gasteiger charge is 2.13. The van der Waals surface area contributed by atoms with E-state index in [1.54, 1.807) is 0 Å². The quantitative estimate of drug-likeness (QED) is 0.794. The maximum atomic E-state index is 11.1. The van der Waals surface area contributed by atoms with Crippen LogP contribution >= 0.6 is 11.6 Å². The monoisotopic (exact) mass is 251 g/mol. The molecule has 82 valence electrons. The van der Waals surface area contributed by atoms with Crippen LogP contribution in [0.4, 0.5) is 4.79 Å². The van der Waals surface area contributed by atoms with Crippen LogP contribution < -0.4 is 4.74 Å². The van der Waals surface area contributed by atoms with E-state index in [1.165, 1.54) is 0 Å². The highest BCUT2D eigenvalue weighted by molar-refractivity contribution is 7.90. The number of carbonyl (C=O) groups is 1. The van der Waals surface area contributed by atoms with Crippen molar-refractivity contribution in [2.75, 3.05) is 6.26 Å². The number of hydrogen-bond acceptors (Lipinski definition) is 5. The first-order valence-electron chi connectivity index (χ1n) is 3.57. The Bertz CT molecular complexity index is 498. The molecule has 0 radical (unpaired) electrons. The maximum Gasteiger partial charge on any atom is 0.512 e. The predicted octanol–water partition coefficient (Wildman–Crippen LogP) is 1.20. The summed E-state index contributed by atoms with van der Waals surface area (Å²) < 4.78 is 26.3. The summed E-state index contributed by atoms with van der Waals surface area (Å²) >= 11 is 5.56. The van der Waals surface area contributed by atoms with Crippen molar-refractivity contribution in [3.8, 4) is 5.88 Å². The van der Waals surface area contributed by atoms with Gasteiger partial charge in [0.1, 0.15) is 5.02 Å². The summed E-state index contributed by atoms with van der Waals surface area (Å²) in [6.45, 7) is 0. The molecule has 0 aromatic carbocycles. The van der Waals surface area contributed by atoms with Crippen LogP contribution in [0.3, 0.4) is 0 Å². The normalized spacial score (nSPS) is 11.1. The first-order valence-corrected chi connectivity index (χ1v) is 5.84. The lowest BCUT2D eigenvalue weighted by atomic mass is 10.5. The standard InChI is InChI=1S/C7H6ClNO5S/c1-15(12,13)4-2-5(8)6(9-3-4)14-7(10)11/h2-3H,1H3,(H,10,11). The van der Waals surface area contributed by atoms with E-state index in [4.69, 9.17) is 16.7 Å². The number of sulfone groups is 1. The number of ether oxygens (including phenoxy) is 1. The van der Waals surface area contributed by atoms with Crippen molar-refractivity contribution in [3.63, 3.8) is 0 Å². The van der Waals surface area contributed by atoms with Crippen LogP contribution in [-0.2, 0) is 9.84 Å². The minimum absolute atomic E-state index is 0.106. The summed E-state index contributed by atoms with van der Waals surface area (Å²) in [5.74, 6) is -0.350. The van der Waals surface area contributed by atoms with Crippen LogP contribution in [0.5, 0.6) is 5.88 Å². The fourth-order valence-electron chi connectivity index (χ4n) is 0.768. The minimum Gasteiger partial charge on any atom is -0.449 e. The number of hydrogen-bond donors (Lipinski definition) is 1. The highest BCUT2D eigenvalue weighted by Crippen LogP contribution is 2.24. The van der Waals surface area contributed by atoms with E-state index in [1.807, 2.05) is 0 Å². The molecule has 0 unspecified atom stereocenters. The Morgan fingerprint density at radius 3 is 2.60 bits per heavy atom. The van der Waals surface area contributed by atoms with Gasteiger partial charge in [0.05, 0.1) is 4.90 Å². The van der Waals surface area contributed by atoms with Gasteiger partial charge in [-0.3, -0.25) is 0 Å². The Morgan fingerprint density at radius 1 is 1.60 bits per heavy atom. The topological polar surface area (TPSA) is 93.6 Å². The highest BCUT2D eigenvalue weighted by atomic mass is 35.5. The smallest absolute Gasteiger partial charge is 0.449 e. The van der Waals surface area contributed by atoms with Gasteiger partial charge < -0.3 is 9.84 Å². The van der Waals surface area contributed by atoms with Gasteiger partial charge in [-0.15, -0.1) is 0 Å². The molecule has 0 saturated carbocycles. The van der Waals surface area contributed by atoms with Gasteiger partial charge in [-0.2, -0.15) is 0 Å². The van der Waals surface area contributed by atoms with Gasteiger partial charge in [-0.05, 0) is 6.07 Å². The number of rotatable bonds is 2. The second-order valence-corrected chi connectivity index (χ2v) is 5.02. The van der Waals surface area contributed by atoms with Gasteiger partial charge in [0.15, 0.2) is 9.84 Å². The average molecular weight is 252 g/mol. The lowest BCUT2D eigenvalue weighted by molar-refractivity contribution is 0.142. The van der Waals surface area contributed by atoms with E-state index >= 15 is 0 Å². The SMILES string of the molecule is CS(=O)(=O)c1cnc(OC(=O)O)c(Cl)c1. The summed E-state index contributed by atoms with van der Waals surface area (Å²) in [6, 6.07) is 1.07. The molecule has 1 aromatic rings. The van der Waals surface area contributed by atoms with Crippen molar-refractivity contribution in [2.24, 2.45) is 0 Å². The molecule has 0 amide bonds. The van der Waals surface area contributed by atoms with Crippen molar-refractivity contribution in [1.82, 2.24) is 4.98 Å². The summed E-state index contributed by atoms with van der Waals surface area (Å²) in [6.07, 6.45) is 0.383. The van der Waals surface area contributed by atoms with E-state index in [-0.39, 0.29) is 15.8 Å². The second kappa shape index (κ2) is 4.03. The largest absolute Gasteiger partial charge is 0.512 e. The Kier molecular flexibility index (Phi) is 3.15. The molecule has 6 nitrogen and oxygen atoms in total.